The van der Waals surface area contributed by atoms with Crippen molar-refractivity contribution in [2.45, 2.75) is 31.8 Å². The number of methoxy groups -OCH3 is 1. The predicted octanol–water partition coefficient (Wildman–Crippen LogP) is 0.147. The van der Waals surface area contributed by atoms with Gasteiger partial charge in [-0.2, -0.15) is 0 Å². The minimum atomic E-state index is -0.865. The fourth-order valence-corrected chi connectivity index (χ4v) is 2.69. The molecule has 126 valence electrons. The molecule has 0 aromatic carbocycles. The number of aromatic nitrogens is 5. The zero-order chi connectivity index (χ0) is 16.9. The van der Waals surface area contributed by atoms with Crippen molar-refractivity contribution in [1.82, 2.24) is 30.1 Å². The number of tetrazole rings is 1. The molecule has 1 unspecified atom stereocenters. The standard InChI is InChI=1S/C15H18N6O3/c1-24-15(23)14(22)20-9-6-12(20)13-17-18-19-21(13)8-3-5-11-4-2-7-16-10-11/h2,4,7,10,12H,3,5-6,8-9H2,1H3. The Balaban J connectivity index is 1.61. The molecule has 3 heterocycles. The molecule has 1 aliphatic heterocycles. The van der Waals surface area contributed by atoms with E-state index in [-0.39, 0.29) is 6.04 Å². The van der Waals surface area contributed by atoms with E-state index in [9.17, 15) is 9.59 Å². The van der Waals surface area contributed by atoms with Crippen LogP contribution in [-0.2, 0) is 27.3 Å². The third kappa shape index (κ3) is 3.24. The van der Waals surface area contributed by atoms with Crippen molar-refractivity contribution in [2.75, 3.05) is 13.7 Å². The molecule has 0 radical (unpaired) electrons. The highest BCUT2D eigenvalue weighted by Gasteiger charge is 2.40. The van der Waals surface area contributed by atoms with E-state index in [2.05, 4.69) is 25.2 Å². The topological polar surface area (TPSA) is 103 Å². The third-order valence-corrected chi connectivity index (χ3v) is 4.06. The van der Waals surface area contributed by atoms with Crippen LogP contribution in [0.25, 0.3) is 0 Å². The van der Waals surface area contributed by atoms with Gasteiger partial charge in [-0.3, -0.25) is 9.78 Å². The minimum Gasteiger partial charge on any atom is -0.462 e. The first kappa shape index (κ1) is 16.0. The van der Waals surface area contributed by atoms with E-state index in [1.807, 2.05) is 18.3 Å². The van der Waals surface area contributed by atoms with E-state index < -0.39 is 11.9 Å². The van der Waals surface area contributed by atoms with Crippen LogP contribution in [0.3, 0.4) is 0 Å². The quantitative estimate of drug-likeness (QED) is 0.568. The highest BCUT2D eigenvalue weighted by Crippen LogP contribution is 2.31. The second-order valence-corrected chi connectivity index (χ2v) is 5.52. The van der Waals surface area contributed by atoms with Crippen LogP contribution in [0.2, 0.25) is 0 Å². The van der Waals surface area contributed by atoms with Gasteiger partial charge in [0.05, 0.1) is 13.2 Å². The van der Waals surface area contributed by atoms with Crippen LogP contribution >= 0.6 is 0 Å². The lowest BCUT2D eigenvalue weighted by Gasteiger charge is -2.38. The number of hydrogen-bond acceptors (Lipinski definition) is 7. The molecule has 1 saturated heterocycles. The Morgan fingerprint density at radius 1 is 1.42 bits per heavy atom. The van der Waals surface area contributed by atoms with Crippen LogP contribution in [-0.4, -0.2) is 55.6 Å². The number of likely N-dealkylation sites (tertiary alicyclic amines) is 1. The average Bonchev–Trinajstić information content (AvgIpc) is 3.02. The molecule has 1 fully saturated rings. The molecule has 2 aromatic rings. The smallest absolute Gasteiger partial charge is 0.396 e. The van der Waals surface area contributed by atoms with Crippen LogP contribution in [0.15, 0.2) is 24.5 Å². The van der Waals surface area contributed by atoms with Gasteiger partial charge in [0.15, 0.2) is 5.82 Å². The molecule has 0 bridgehead atoms. The highest BCUT2D eigenvalue weighted by atomic mass is 16.5. The van der Waals surface area contributed by atoms with Gasteiger partial charge in [0.25, 0.3) is 0 Å². The molecule has 1 amide bonds. The van der Waals surface area contributed by atoms with Crippen LogP contribution in [0, 0.1) is 0 Å². The third-order valence-electron chi connectivity index (χ3n) is 4.06. The van der Waals surface area contributed by atoms with Gasteiger partial charge in [0.1, 0.15) is 0 Å². The molecule has 2 aromatic heterocycles. The summed E-state index contributed by atoms with van der Waals surface area (Å²) in [6, 6.07) is 3.66. The molecule has 9 heteroatoms. The number of rotatable bonds is 5. The number of amides is 1. The Bertz CT molecular complexity index is 717. The van der Waals surface area contributed by atoms with E-state index in [4.69, 9.17) is 0 Å². The summed E-state index contributed by atoms with van der Waals surface area (Å²) in [5, 5.41) is 11.7. The number of carbonyl (C=O) groups is 2. The van der Waals surface area contributed by atoms with Gasteiger partial charge in [-0.25, -0.2) is 9.48 Å². The first-order chi connectivity index (χ1) is 11.7. The Morgan fingerprint density at radius 3 is 2.96 bits per heavy atom. The van der Waals surface area contributed by atoms with Gasteiger partial charge in [-0.05, 0) is 41.3 Å². The SMILES string of the molecule is COC(=O)C(=O)N1CCC1c1nnnn1CCCc1cccnc1. The largest absolute Gasteiger partial charge is 0.462 e. The maximum Gasteiger partial charge on any atom is 0.396 e. The first-order valence-corrected chi connectivity index (χ1v) is 7.74. The zero-order valence-corrected chi connectivity index (χ0v) is 13.3. The zero-order valence-electron chi connectivity index (χ0n) is 13.3. The fourth-order valence-electron chi connectivity index (χ4n) is 2.69. The van der Waals surface area contributed by atoms with Crippen LogP contribution in [0.5, 0.6) is 0 Å². The normalized spacial score (nSPS) is 16.5. The summed E-state index contributed by atoms with van der Waals surface area (Å²) in [7, 11) is 1.19. The summed E-state index contributed by atoms with van der Waals surface area (Å²) in [6.07, 6.45) is 6.02. The summed E-state index contributed by atoms with van der Waals surface area (Å²) in [5.74, 6) is -0.918. The second kappa shape index (κ2) is 7.16. The molecule has 9 nitrogen and oxygen atoms in total. The molecule has 3 rings (SSSR count). The number of esters is 1. The number of nitrogens with zero attached hydrogens (tertiary/aromatic N) is 6. The lowest BCUT2D eigenvalue weighted by atomic mass is 10.0. The molecule has 1 aliphatic rings. The average molecular weight is 330 g/mol. The first-order valence-electron chi connectivity index (χ1n) is 7.74. The molecule has 0 N–H and O–H groups in total. The van der Waals surface area contributed by atoms with Gasteiger partial charge in [-0.1, -0.05) is 6.07 Å². The second-order valence-electron chi connectivity index (χ2n) is 5.52. The number of ether oxygens (including phenoxy) is 1. The van der Waals surface area contributed by atoms with E-state index in [0.29, 0.717) is 18.9 Å². The van der Waals surface area contributed by atoms with Gasteiger partial charge < -0.3 is 9.64 Å². The molecular weight excluding hydrogens is 312 g/mol. The highest BCUT2D eigenvalue weighted by molar-refractivity contribution is 6.32. The van der Waals surface area contributed by atoms with Crippen LogP contribution < -0.4 is 0 Å². The number of aryl methyl sites for hydroxylation is 2. The van der Waals surface area contributed by atoms with Gasteiger partial charge >= 0.3 is 11.9 Å². The molecule has 1 atom stereocenters. The van der Waals surface area contributed by atoms with E-state index in [1.54, 1.807) is 10.9 Å². The van der Waals surface area contributed by atoms with E-state index in [0.717, 1.165) is 24.8 Å². The van der Waals surface area contributed by atoms with Crippen molar-refractivity contribution in [1.29, 1.82) is 0 Å². The monoisotopic (exact) mass is 330 g/mol. The van der Waals surface area contributed by atoms with Gasteiger partial charge in [0.2, 0.25) is 0 Å². The minimum absolute atomic E-state index is 0.273. The van der Waals surface area contributed by atoms with Gasteiger partial charge in [-0.15, -0.1) is 5.10 Å². The van der Waals surface area contributed by atoms with Crippen molar-refractivity contribution < 1.29 is 14.3 Å². The van der Waals surface area contributed by atoms with Crippen molar-refractivity contribution in [3.8, 4) is 0 Å². The summed E-state index contributed by atoms with van der Waals surface area (Å²) in [5.41, 5.74) is 1.15. The summed E-state index contributed by atoms with van der Waals surface area (Å²) < 4.78 is 6.18. The van der Waals surface area contributed by atoms with Crippen molar-refractivity contribution in [3.05, 3.63) is 35.9 Å². The lowest BCUT2D eigenvalue weighted by molar-refractivity contribution is -0.162. The lowest BCUT2D eigenvalue weighted by Crippen LogP contribution is -2.49. The van der Waals surface area contributed by atoms with Gasteiger partial charge in [0, 0.05) is 25.5 Å². The van der Waals surface area contributed by atoms with Crippen molar-refractivity contribution in [3.63, 3.8) is 0 Å². The van der Waals surface area contributed by atoms with E-state index in [1.165, 1.54) is 12.0 Å². The van der Waals surface area contributed by atoms with Crippen molar-refractivity contribution >= 4 is 11.9 Å². The van der Waals surface area contributed by atoms with Crippen molar-refractivity contribution in [2.24, 2.45) is 0 Å². The molecular formula is C15H18N6O3. The number of hydrogen-bond donors (Lipinski definition) is 0. The Morgan fingerprint density at radius 2 is 2.29 bits per heavy atom. The van der Waals surface area contributed by atoms with Crippen LogP contribution in [0.4, 0.5) is 0 Å². The number of pyridine rings is 1. The number of carbonyl (C=O) groups excluding carboxylic acids is 2. The summed E-state index contributed by atoms with van der Waals surface area (Å²) in [6.45, 7) is 1.13. The predicted molar refractivity (Wildman–Crippen MR) is 81.5 cm³/mol. The molecule has 0 aliphatic carbocycles. The Kier molecular flexibility index (Phi) is 4.78. The maximum absolute atomic E-state index is 11.9. The molecule has 24 heavy (non-hydrogen) atoms. The van der Waals surface area contributed by atoms with Crippen LogP contribution in [0.1, 0.15) is 30.3 Å². The van der Waals surface area contributed by atoms with E-state index >= 15 is 0 Å². The Hall–Kier alpha value is -2.84. The summed E-state index contributed by atoms with van der Waals surface area (Å²) >= 11 is 0. The summed E-state index contributed by atoms with van der Waals surface area (Å²) in [4.78, 5) is 28.9. The molecule has 0 saturated carbocycles. The fraction of sp³-hybridized carbons (Fsp3) is 0.467. The molecule has 0 spiro atoms. The maximum atomic E-state index is 11.9. The Labute approximate surface area is 138 Å².